The highest BCUT2D eigenvalue weighted by atomic mass is 32.1. The van der Waals surface area contributed by atoms with Gasteiger partial charge in [0.05, 0.1) is 5.69 Å². The number of aromatic nitrogens is 2. The summed E-state index contributed by atoms with van der Waals surface area (Å²) in [6.07, 6.45) is 0. The van der Waals surface area contributed by atoms with Gasteiger partial charge in [0.1, 0.15) is 0 Å². The Morgan fingerprint density at radius 3 is 2.55 bits per heavy atom. The first-order valence-electron chi connectivity index (χ1n) is 6.58. The molecule has 1 heterocycles. The topological polar surface area (TPSA) is 41.9 Å². The third-order valence-corrected chi connectivity index (χ3v) is 3.72. The monoisotopic (exact) mass is 288 g/mol. The van der Waals surface area contributed by atoms with Crippen LogP contribution in [0.15, 0.2) is 24.3 Å². The molecule has 4 nitrogen and oxygen atoms in total. The van der Waals surface area contributed by atoms with Gasteiger partial charge in [0.2, 0.25) is 0 Å². The Bertz CT molecular complexity index is 631. The minimum atomic E-state index is 0.627. The second-order valence-electron chi connectivity index (χ2n) is 4.90. The van der Waals surface area contributed by atoms with Crippen molar-refractivity contribution in [1.82, 2.24) is 15.1 Å². The molecule has 0 aliphatic heterocycles. The van der Waals surface area contributed by atoms with Crippen LogP contribution in [0, 0.1) is 20.8 Å². The van der Waals surface area contributed by atoms with Crippen LogP contribution in [-0.4, -0.2) is 14.9 Å². The van der Waals surface area contributed by atoms with Crippen LogP contribution in [-0.2, 0) is 13.6 Å². The Hall–Kier alpha value is -1.88. The van der Waals surface area contributed by atoms with Crippen molar-refractivity contribution in [2.45, 2.75) is 27.3 Å². The van der Waals surface area contributed by atoms with E-state index in [4.69, 9.17) is 12.2 Å². The number of thiocarbonyl (C=S) groups is 1. The van der Waals surface area contributed by atoms with Gasteiger partial charge in [-0.05, 0) is 44.6 Å². The van der Waals surface area contributed by atoms with Gasteiger partial charge in [-0.25, -0.2) is 0 Å². The predicted molar refractivity (Wildman–Crippen MR) is 86.9 cm³/mol. The normalized spacial score (nSPS) is 10.4. The molecule has 2 rings (SSSR count). The maximum atomic E-state index is 5.34. The lowest BCUT2D eigenvalue weighted by molar-refractivity contribution is 0.729. The van der Waals surface area contributed by atoms with Crippen LogP contribution >= 0.6 is 12.2 Å². The molecule has 0 fully saturated rings. The van der Waals surface area contributed by atoms with E-state index in [2.05, 4.69) is 35.6 Å². The first-order chi connectivity index (χ1) is 9.49. The standard InChI is InChI=1S/C15H20N4S/c1-10-7-5-6-8-14(10)17-15(20)16-9-13-11(2)18-19(4)12(13)3/h5-8H,9H2,1-4H3,(H2,16,17,20). The molecule has 106 valence electrons. The zero-order chi connectivity index (χ0) is 14.7. The fourth-order valence-corrected chi connectivity index (χ4v) is 2.30. The van der Waals surface area contributed by atoms with Crippen LogP contribution in [0.4, 0.5) is 5.69 Å². The van der Waals surface area contributed by atoms with Crippen LogP contribution in [0.5, 0.6) is 0 Å². The number of nitrogens with one attached hydrogen (secondary N) is 2. The van der Waals surface area contributed by atoms with Crippen LogP contribution in [0.25, 0.3) is 0 Å². The molecular formula is C15H20N4S. The molecule has 0 aliphatic carbocycles. The second kappa shape index (κ2) is 6.05. The van der Waals surface area contributed by atoms with Crippen molar-refractivity contribution in [1.29, 1.82) is 0 Å². The van der Waals surface area contributed by atoms with Crippen molar-refractivity contribution in [3.8, 4) is 0 Å². The summed E-state index contributed by atoms with van der Waals surface area (Å²) in [4.78, 5) is 0. The van der Waals surface area contributed by atoms with E-state index in [1.807, 2.05) is 36.9 Å². The molecule has 0 spiro atoms. The molecule has 0 unspecified atom stereocenters. The van der Waals surface area contributed by atoms with E-state index in [9.17, 15) is 0 Å². The van der Waals surface area contributed by atoms with E-state index < -0.39 is 0 Å². The number of hydrogen-bond acceptors (Lipinski definition) is 2. The van der Waals surface area contributed by atoms with E-state index >= 15 is 0 Å². The van der Waals surface area contributed by atoms with Crippen LogP contribution in [0.2, 0.25) is 0 Å². The zero-order valence-corrected chi connectivity index (χ0v) is 13.1. The Morgan fingerprint density at radius 2 is 1.95 bits per heavy atom. The van der Waals surface area contributed by atoms with Crippen LogP contribution in [0.1, 0.15) is 22.5 Å². The van der Waals surface area contributed by atoms with Gasteiger partial charge in [-0.3, -0.25) is 4.68 Å². The highest BCUT2D eigenvalue weighted by Crippen LogP contribution is 2.14. The molecular weight excluding hydrogens is 268 g/mol. The summed E-state index contributed by atoms with van der Waals surface area (Å²) in [6.45, 7) is 6.82. The minimum absolute atomic E-state index is 0.627. The van der Waals surface area contributed by atoms with Crippen molar-refractivity contribution in [2.24, 2.45) is 7.05 Å². The largest absolute Gasteiger partial charge is 0.358 e. The van der Waals surface area contributed by atoms with Gasteiger partial charge in [0, 0.05) is 30.5 Å². The zero-order valence-electron chi connectivity index (χ0n) is 12.3. The maximum absolute atomic E-state index is 5.34. The van der Waals surface area contributed by atoms with Crippen molar-refractivity contribution >= 4 is 23.0 Å². The highest BCUT2D eigenvalue weighted by molar-refractivity contribution is 7.80. The van der Waals surface area contributed by atoms with Gasteiger partial charge in [0.25, 0.3) is 0 Å². The predicted octanol–water partition coefficient (Wildman–Crippen LogP) is 2.83. The lowest BCUT2D eigenvalue weighted by atomic mass is 10.2. The first kappa shape index (κ1) is 14.5. The Labute approximate surface area is 125 Å². The van der Waals surface area contributed by atoms with Crippen molar-refractivity contribution in [2.75, 3.05) is 5.32 Å². The van der Waals surface area contributed by atoms with Gasteiger partial charge in [-0.15, -0.1) is 0 Å². The molecule has 2 N–H and O–H groups in total. The van der Waals surface area contributed by atoms with Gasteiger partial charge in [-0.2, -0.15) is 5.10 Å². The molecule has 5 heteroatoms. The third kappa shape index (κ3) is 3.17. The fraction of sp³-hybridized carbons (Fsp3) is 0.333. The van der Waals surface area contributed by atoms with Crippen molar-refractivity contribution < 1.29 is 0 Å². The summed E-state index contributed by atoms with van der Waals surface area (Å²) < 4.78 is 1.89. The van der Waals surface area contributed by atoms with Crippen molar-refractivity contribution in [3.63, 3.8) is 0 Å². The van der Waals surface area contributed by atoms with E-state index in [1.165, 1.54) is 11.1 Å². The number of rotatable bonds is 3. The number of aryl methyl sites for hydroxylation is 3. The molecule has 0 aliphatic rings. The van der Waals surface area contributed by atoms with Crippen LogP contribution in [0.3, 0.4) is 0 Å². The Balaban J connectivity index is 1.98. The summed E-state index contributed by atoms with van der Waals surface area (Å²) in [5.41, 5.74) is 5.60. The van der Waals surface area contributed by atoms with Gasteiger partial charge in [-0.1, -0.05) is 18.2 Å². The molecule has 0 bridgehead atoms. The molecule has 2 aromatic rings. The minimum Gasteiger partial charge on any atom is -0.358 e. The number of benzene rings is 1. The van der Waals surface area contributed by atoms with Gasteiger partial charge < -0.3 is 10.6 Å². The Morgan fingerprint density at radius 1 is 1.25 bits per heavy atom. The molecule has 0 saturated carbocycles. The average molecular weight is 288 g/mol. The lowest BCUT2D eigenvalue weighted by Gasteiger charge is -2.12. The van der Waals surface area contributed by atoms with E-state index in [0.29, 0.717) is 11.7 Å². The number of nitrogens with zero attached hydrogens (tertiary/aromatic N) is 2. The first-order valence-corrected chi connectivity index (χ1v) is 6.99. The molecule has 1 aromatic carbocycles. The van der Waals surface area contributed by atoms with E-state index in [-0.39, 0.29) is 0 Å². The van der Waals surface area contributed by atoms with Gasteiger partial charge >= 0.3 is 0 Å². The summed E-state index contributed by atoms with van der Waals surface area (Å²) in [5.74, 6) is 0. The van der Waals surface area contributed by atoms with E-state index in [0.717, 1.165) is 17.1 Å². The number of hydrogen-bond donors (Lipinski definition) is 2. The number of anilines is 1. The number of para-hydroxylation sites is 1. The second-order valence-corrected chi connectivity index (χ2v) is 5.30. The third-order valence-electron chi connectivity index (χ3n) is 3.48. The molecule has 0 radical (unpaired) electrons. The van der Waals surface area contributed by atoms with Crippen molar-refractivity contribution in [3.05, 3.63) is 46.8 Å². The molecule has 20 heavy (non-hydrogen) atoms. The van der Waals surface area contributed by atoms with E-state index in [1.54, 1.807) is 0 Å². The molecule has 0 atom stereocenters. The summed E-state index contributed by atoms with van der Waals surface area (Å²) in [5, 5.41) is 11.5. The summed E-state index contributed by atoms with van der Waals surface area (Å²) in [6, 6.07) is 8.08. The molecule has 1 aromatic heterocycles. The van der Waals surface area contributed by atoms with Gasteiger partial charge in [0.15, 0.2) is 5.11 Å². The molecule has 0 amide bonds. The SMILES string of the molecule is Cc1ccccc1NC(=S)NCc1c(C)nn(C)c1C. The average Bonchev–Trinajstić information content (AvgIpc) is 2.64. The van der Waals surface area contributed by atoms with Crippen LogP contribution < -0.4 is 10.6 Å². The maximum Gasteiger partial charge on any atom is 0.171 e. The molecule has 0 saturated heterocycles. The smallest absolute Gasteiger partial charge is 0.171 e. The Kier molecular flexibility index (Phi) is 4.39. The summed E-state index contributed by atoms with van der Waals surface area (Å²) >= 11 is 5.34. The quantitative estimate of drug-likeness (QED) is 0.852. The fourth-order valence-electron chi connectivity index (χ4n) is 2.12. The lowest BCUT2D eigenvalue weighted by Crippen LogP contribution is -2.28. The summed E-state index contributed by atoms with van der Waals surface area (Å²) in [7, 11) is 1.95. The highest BCUT2D eigenvalue weighted by Gasteiger charge is 2.09.